The van der Waals surface area contributed by atoms with Crippen molar-refractivity contribution in [3.63, 3.8) is 0 Å². The standard InChI is InChI=1S/C24H23Cl2F2N5O/c1-2-16-14-21(32-23(30-16)33-10-7-24(27,28)8-11-33)31-20-13-15(6-9-29-20)12-19(34)22-17(25)4-3-5-18(22)26/h3-6,9,13-14H,2,7-8,10-12H2,1H3,(H,29,30,31,32). The minimum Gasteiger partial charge on any atom is -0.340 e. The summed E-state index contributed by atoms with van der Waals surface area (Å²) in [6.45, 7) is 2.35. The lowest BCUT2D eigenvalue weighted by Gasteiger charge is -2.32. The van der Waals surface area contributed by atoms with Gasteiger partial charge in [0.2, 0.25) is 5.95 Å². The number of pyridine rings is 1. The average molecular weight is 506 g/mol. The number of carbonyl (C=O) groups excluding carboxylic acids is 1. The van der Waals surface area contributed by atoms with E-state index in [1.807, 2.05) is 6.92 Å². The van der Waals surface area contributed by atoms with Crippen molar-refractivity contribution in [3.05, 3.63) is 69.5 Å². The number of piperidine rings is 1. The third kappa shape index (κ3) is 5.80. The van der Waals surface area contributed by atoms with Gasteiger partial charge in [-0.1, -0.05) is 36.2 Å². The molecule has 0 amide bonds. The van der Waals surface area contributed by atoms with Crippen molar-refractivity contribution < 1.29 is 13.6 Å². The van der Waals surface area contributed by atoms with Crippen molar-refractivity contribution in [3.8, 4) is 0 Å². The zero-order valence-corrected chi connectivity index (χ0v) is 20.0. The number of hydrogen-bond acceptors (Lipinski definition) is 6. The molecule has 1 saturated heterocycles. The lowest BCUT2D eigenvalue weighted by molar-refractivity contribution is -0.0222. The predicted octanol–water partition coefficient (Wildman–Crippen LogP) is 6.15. The summed E-state index contributed by atoms with van der Waals surface area (Å²) >= 11 is 12.3. The Bertz CT molecular complexity index is 1180. The van der Waals surface area contributed by atoms with E-state index < -0.39 is 5.92 Å². The fraction of sp³-hybridized carbons (Fsp3) is 0.333. The highest BCUT2D eigenvalue weighted by Crippen LogP contribution is 2.30. The van der Waals surface area contributed by atoms with Crippen LogP contribution in [0.25, 0.3) is 0 Å². The number of nitrogens with one attached hydrogen (secondary N) is 1. The largest absolute Gasteiger partial charge is 0.340 e. The lowest BCUT2D eigenvalue weighted by Crippen LogP contribution is -2.40. The molecule has 3 aromatic rings. The molecule has 6 nitrogen and oxygen atoms in total. The highest BCUT2D eigenvalue weighted by molar-refractivity contribution is 6.39. The predicted molar refractivity (Wildman–Crippen MR) is 130 cm³/mol. The highest BCUT2D eigenvalue weighted by atomic mass is 35.5. The van der Waals surface area contributed by atoms with Crippen LogP contribution in [0.2, 0.25) is 10.0 Å². The molecule has 1 aliphatic heterocycles. The molecule has 10 heteroatoms. The van der Waals surface area contributed by atoms with Gasteiger partial charge in [0.1, 0.15) is 11.6 Å². The van der Waals surface area contributed by atoms with E-state index in [1.54, 1.807) is 47.5 Å². The topological polar surface area (TPSA) is 71.0 Å². The first-order chi connectivity index (χ1) is 16.2. The van der Waals surface area contributed by atoms with Gasteiger partial charge in [0.15, 0.2) is 5.78 Å². The van der Waals surface area contributed by atoms with Gasteiger partial charge in [-0.3, -0.25) is 4.79 Å². The number of aryl methyl sites for hydroxylation is 1. The van der Waals surface area contributed by atoms with Crippen LogP contribution >= 0.6 is 23.2 Å². The van der Waals surface area contributed by atoms with Gasteiger partial charge in [0, 0.05) is 50.3 Å². The van der Waals surface area contributed by atoms with Crippen LogP contribution in [0.4, 0.5) is 26.4 Å². The van der Waals surface area contributed by atoms with Crippen LogP contribution in [-0.4, -0.2) is 39.7 Å². The molecule has 0 saturated carbocycles. The monoisotopic (exact) mass is 505 g/mol. The molecule has 1 aromatic carbocycles. The molecule has 1 N–H and O–H groups in total. The Morgan fingerprint density at radius 2 is 1.79 bits per heavy atom. The second-order valence-corrected chi connectivity index (χ2v) is 8.93. The van der Waals surface area contributed by atoms with Crippen molar-refractivity contribution >= 4 is 46.6 Å². The summed E-state index contributed by atoms with van der Waals surface area (Å²) in [7, 11) is 0. The van der Waals surface area contributed by atoms with E-state index >= 15 is 0 Å². The molecule has 0 spiro atoms. The first-order valence-electron chi connectivity index (χ1n) is 10.9. The Morgan fingerprint density at radius 3 is 2.47 bits per heavy atom. The van der Waals surface area contributed by atoms with Gasteiger partial charge in [0.25, 0.3) is 5.92 Å². The number of rotatable bonds is 7. The molecule has 0 radical (unpaired) electrons. The van der Waals surface area contributed by atoms with Gasteiger partial charge >= 0.3 is 0 Å². The van der Waals surface area contributed by atoms with Crippen molar-refractivity contribution in [2.24, 2.45) is 0 Å². The summed E-state index contributed by atoms with van der Waals surface area (Å²) in [5, 5.41) is 3.76. The van der Waals surface area contributed by atoms with E-state index in [0.29, 0.717) is 34.1 Å². The van der Waals surface area contributed by atoms with Crippen LogP contribution in [0.5, 0.6) is 0 Å². The fourth-order valence-corrected chi connectivity index (χ4v) is 4.33. The SMILES string of the molecule is CCc1cc(Nc2cc(CC(=O)c3c(Cl)cccc3Cl)ccn2)nc(N2CCC(F)(F)CC2)n1. The molecule has 0 bridgehead atoms. The van der Waals surface area contributed by atoms with E-state index in [2.05, 4.69) is 20.3 Å². The Balaban J connectivity index is 1.52. The Hall–Kier alpha value is -2.84. The van der Waals surface area contributed by atoms with Crippen molar-refractivity contribution in [1.29, 1.82) is 0 Å². The number of hydrogen-bond donors (Lipinski definition) is 1. The van der Waals surface area contributed by atoms with Crippen molar-refractivity contribution in [2.75, 3.05) is 23.3 Å². The summed E-state index contributed by atoms with van der Waals surface area (Å²) in [5.41, 5.74) is 1.79. The molecule has 34 heavy (non-hydrogen) atoms. The quantitative estimate of drug-likeness (QED) is 0.388. The molecule has 2 aromatic heterocycles. The summed E-state index contributed by atoms with van der Waals surface area (Å²) in [6, 6.07) is 10.2. The molecule has 0 atom stereocenters. The van der Waals surface area contributed by atoms with Gasteiger partial charge in [-0.2, -0.15) is 4.98 Å². The first-order valence-corrected chi connectivity index (χ1v) is 11.7. The van der Waals surface area contributed by atoms with Gasteiger partial charge in [0.05, 0.1) is 15.6 Å². The number of benzene rings is 1. The molecular formula is C24H23Cl2F2N5O. The number of aromatic nitrogens is 3. The molecule has 0 aliphatic carbocycles. The third-order valence-corrected chi connectivity index (χ3v) is 6.22. The summed E-state index contributed by atoms with van der Waals surface area (Å²) < 4.78 is 27.1. The average Bonchev–Trinajstić information content (AvgIpc) is 2.79. The van der Waals surface area contributed by atoms with Gasteiger partial charge in [-0.25, -0.2) is 18.7 Å². The van der Waals surface area contributed by atoms with Crippen LogP contribution < -0.4 is 10.2 Å². The number of Topliss-reactive ketones (excluding diaryl/α,β-unsaturated/α-hetero) is 1. The van der Waals surface area contributed by atoms with Crippen LogP contribution in [0.3, 0.4) is 0 Å². The Morgan fingerprint density at radius 1 is 1.09 bits per heavy atom. The van der Waals surface area contributed by atoms with E-state index in [9.17, 15) is 13.6 Å². The summed E-state index contributed by atoms with van der Waals surface area (Å²) in [5.74, 6) is -1.43. The summed E-state index contributed by atoms with van der Waals surface area (Å²) in [6.07, 6.45) is 1.91. The number of nitrogens with zero attached hydrogens (tertiary/aromatic N) is 4. The molecular weight excluding hydrogens is 483 g/mol. The number of carbonyl (C=O) groups is 1. The second-order valence-electron chi connectivity index (χ2n) is 8.11. The Labute approximate surface area is 206 Å². The maximum absolute atomic E-state index is 13.6. The second kappa shape index (κ2) is 10.2. The highest BCUT2D eigenvalue weighted by Gasteiger charge is 2.35. The Kier molecular flexibility index (Phi) is 7.28. The minimum absolute atomic E-state index is 0.0951. The van der Waals surface area contributed by atoms with E-state index in [0.717, 1.165) is 11.3 Å². The molecule has 1 aliphatic rings. The van der Waals surface area contributed by atoms with E-state index in [-0.39, 0.29) is 43.7 Å². The van der Waals surface area contributed by atoms with Gasteiger partial charge in [-0.05, 0) is 36.2 Å². The minimum atomic E-state index is -2.64. The molecule has 0 unspecified atom stereocenters. The smallest absolute Gasteiger partial charge is 0.251 e. The third-order valence-electron chi connectivity index (χ3n) is 5.59. The van der Waals surface area contributed by atoms with Gasteiger partial charge < -0.3 is 10.2 Å². The summed E-state index contributed by atoms with van der Waals surface area (Å²) in [4.78, 5) is 27.9. The maximum atomic E-state index is 13.6. The van der Waals surface area contributed by atoms with Crippen LogP contribution in [0.1, 0.15) is 41.4 Å². The molecule has 4 rings (SSSR count). The number of alkyl halides is 2. The lowest BCUT2D eigenvalue weighted by atomic mass is 10.0. The van der Waals surface area contributed by atoms with Crippen LogP contribution in [0.15, 0.2) is 42.6 Å². The number of halogens is 4. The van der Waals surface area contributed by atoms with Crippen molar-refractivity contribution in [2.45, 2.75) is 38.5 Å². The van der Waals surface area contributed by atoms with E-state index in [4.69, 9.17) is 23.2 Å². The van der Waals surface area contributed by atoms with Crippen molar-refractivity contribution in [1.82, 2.24) is 15.0 Å². The fourth-order valence-electron chi connectivity index (χ4n) is 3.73. The normalized spacial score (nSPS) is 15.3. The molecule has 178 valence electrons. The molecule has 1 fully saturated rings. The zero-order chi connectivity index (χ0) is 24.3. The number of anilines is 3. The zero-order valence-electron chi connectivity index (χ0n) is 18.5. The van der Waals surface area contributed by atoms with Crippen LogP contribution in [-0.2, 0) is 12.8 Å². The van der Waals surface area contributed by atoms with Gasteiger partial charge in [-0.15, -0.1) is 0 Å². The molecule has 3 heterocycles. The maximum Gasteiger partial charge on any atom is 0.251 e. The van der Waals surface area contributed by atoms with E-state index in [1.165, 1.54) is 0 Å². The van der Waals surface area contributed by atoms with Crippen LogP contribution in [0, 0.1) is 0 Å². The first kappa shape index (κ1) is 24.3. The number of ketones is 1.